The fourth-order valence-electron chi connectivity index (χ4n) is 3.75. The number of aromatic nitrogens is 2. The standard InChI is InChI=1S/C29H22ClN5O5S2.K.H/c30-19-5-1-18(2-6-19)28-34-20(15-41-28)16-42-29-23(14-32)26(22(13-31)27(33)35-29)17-3-7-21(8-4-17)39-11-12-40-25(38)10-9-24(36)37;;/h1-8,15H,9-12,16H2,(H2,33,35)(H,36,37);;/q;+1;-1. The first-order chi connectivity index (χ1) is 20.3. The number of anilines is 1. The maximum Gasteiger partial charge on any atom is 1.00 e. The van der Waals surface area contributed by atoms with Gasteiger partial charge in [0, 0.05) is 27.3 Å². The molecule has 0 atom stereocenters. The van der Waals surface area contributed by atoms with E-state index in [-0.39, 0.29) is 95.8 Å². The van der Waals surface area contributed by atoms with Crippen molar-refractivity contribution < 1.29 is 77.0 Å². The number of carboxylic acids is 1. The molecule has 0 saturated heterocycles. The third-order valence-corrected chi connectivity index (χ3v) is 7.92. The van der Waals surface area contributed by atoms with Gasteiger partial charge in [0.05, 0.1) is 24.1 Å². The normalized spacial score (nSPS) is 10.2. The van der Waals surface area contributed by atoms with Gasteiger partial charge in [-0.15, -0.1) is 11.3 Å². The second-order valence-electron chi connectivity index (χ2n) is 8.58. The zero-order valence-corrected chi connectivity index (χ0v) is 28.4. The van der Waals surface area contributed by atoms with E-state index in [1.54, 1.807) is 36.4 Å². The van der Waals surface area contributed by atoms with Crippen LogP contribution in [0.5, 0.6) is 5.75 Å². The summed E-state index contributed by atoms with van der Waals surface area (Å²) in [5.41, 5.74) is 9.16. The Bertz CT molecular complexity index is 1690. The Labute approximate surface area is 304 Å². The van der Waals surface area contributed by atoms with Crippen molar-refractivity contribution in [2.45, 2.75) is 23.6 Å². The first-order valence-corrected chi connectivity index (χ1v) is 14.6. The van der Waals surface area contributed by atoms with Crippen molar-refractivity contribution in [3.8, 4) is 39.6 Å². The molecule has 0 fully saturated rings. The van der Waals surface area contributed by atoms with Gasteiger partial charge in [-0.25, -0.2) is 9.97 Å². The number of aliphatic carboxylic acids is 1. The number of esters is 1. The summed E-state index contributed by atoms with van der Waals surface area (Å²) in [7, 11) is 0. The Balaban J connectivity index is 0.00000337. The number of hydrogen-bond donors (Lipinski definition) is 2. The minimum Gasteiger partial charge on any atom is -1.00 e. The van der Waals surface area contributed by atoms with Crippen LogP contribution in [0.1, 0.15) is 31.1 Å². The number of carbonyl (C=O) groups is 2. The van der Waals surface area contributed by atoms with E-state index < -0.39 is 11.9 Å². The maximum absolute atomic E-state index is 11.5. The second-order valence-corrected chi connectivity index (χ2v) is 10.8. The Morgan fingerprint density at radius 3 is 2.33 bits per heavy atom. The van der Waals surface area contributed by atoms with Crippen LogP contribution in [0.3, 0.4) is 0 Å². The SMILES string of the molecule is N#Cc1c(N)nc(SCc2csc(-c3ccc(Cl)cc3)n2)c(C#N)c1-c1ccc(OCCOC(=O)CCC(=O)O)cc1.[H-].[K+]. The van der Waals surface area contributed by atoms with Crippen LogP contribution >= 0.6 is 34.7 Å². The van der Waals surface area contributed by atoms with E-state index >= 15 is 0 Å². The van der Waals surface area contributed by atoms with Crippen molar-refractivity contribution in [2.75, 3.05) is 18.9 Å². The number of nitrogen functional groups attached to an aromatic ring is 1. The first-order valence-electron chi connectivity index (χ1n) is 12.4. The molecule has 0 bridgehead atoms. The molecule has 14 heteroatoms. The van der Waals surface area contributed by atoms with Crippen LogP contribution in [-0.4, -0.2) is 40.2 Å². The fourth-order valence-corrected chi connectivity index (χ4v) is 5.69. The van der Waals surface area contributed by atoms with Gasteiger partial charge >= 0.3 is 63.3 Å². The van der Waals surface area contributed by atoms with E-state index in [0.717, 1.165) is 16.3 Å². The average molecular weight is 660 g/mol. The van der Waals surface area contributed by atoms with Gasteiger partial charge in [-0.3, -0.25) is 9.59 Å². The number of ether oxygens (including phenoxy) is 2. The Kier molecular flexibility index (Phi) is 13.4. The average Bonchev–Trinajstić information content (AvgIpc) is 3.46. The summed E-state index contributed by atoms with van der Waals surface area (Å²) in [6.45, 7) is 0.0173. The van der Waals surface area contributed by atoms with Crippen molar-refractivity contribution in [1.29, 1.82) is 10.5 Å². The van der Waals surface area contributed by atoms with Crippen LogP contribution in [0.15, 0.2) is 58.9 Å². The number of pyridine rings is 1. The van der Waals surface area contributed by atoms with E-state index in [0.29, 0.717) is 32.7 Å². The number of carbonyl (C=O) groups excluding carboxylic acids is 1. The third-order valence-electron chi connectivity index (χ3n) is 5.72. The second kappa shape index (κ2) is 16.8. The molecule has 0 amide bonds. The number of thiazole rings is 1. The summed E-state index contributed by atoms with van der Waals surface area (Å²) < 4.78 is 10.5. The van der Waals surface area contributed by atoms with Gasteiger partial charge in [-0.05, 0) is 29.8 Å². The number of nitriles is 2. The third kappa shape index (κ3) is 9.50. The van der Waals surface area contributed by atoms with Gasteiger partial charge < -0.3 is 21.7 Å². The van der Waals surface area contributed by atoms with Gasteiger partial charge in [0.2, 0.25) is 0 Å². The largest absolute Gasteiger partial charge is 1.00 e. The smallest absolute Gasteiger partial charge is 1.00 e. The van der Waals surface area contributed by atoms with Crippen LogP contribution in [-0.2, 0) is 20.1 Å². The van der Waals surface area contributed by atoms with Gasteiger partial charge in [0.25, 0.3) is 0 Å². The van der Waals surface area contributed by atoms with E-state index in [1.165, 1.54) is 23.1 Å². The first kappa shape index (κ1) is 34.5. The molecule has 43 heavy (non-hydrogen) atoms. The molecule has 2 aromatic heterocycles. The van der Waals surface area contributed by atoms with Gasteiger partial charge in [0.1, 0.15) is 52.5 Å². The van der Waals surface area contributed by atoms with E-state index in [1.807, 2.05) is 17.5 Å². The minimum atomic E-state index is -1.08. The molecule has 0 unspecified atom stereocenters. The van der Waals surface area contributed by atoms with Crippen LogP contribution in [0.2, 0.25) is 5.02 Å². The Morgan fingerprint density at radius 1 is 1.00 bits per heavy atom. The van der Waals surface area contributed by atoms with Crippen molar-refractivity contribution in [3.05, 3.63) is 75.8 Å². The monoisotopic (exact) mass is 659 g/mol. The molecule has 0 saturated carbocycles. The van der Waals surface area contributed by atoms with E-state index in [4.69, 9.17) is 31.9 Å². The minimum absolute atomic E-state index is 0. The number of nitrogens with zero attached hydrogens (tertiary/aromatic N) is 4. The molecule has 0 aliphatic carbocycles. The van der Waals surface area contributed by atoms with Gasteiger partial charge in [-0.1, -0.05) is 47.6 Å². The zero-order valence-electron chi connectivity index (χ0n) is 23.9. The summed E-state index contributed by atoms with van der Waals surface area (Å²) in [5, 5.41) is 32.3. The van der Waals surface area contributed by atoms with E-state index in [9.17, 15) is 20.1 Å². The molecule has 4 aromatic rings. The molecule has 4 rings (SSSR count). The van der Waals surface area contributed by atoms with Crippen LogP contribution in [0.4, 0.5) is 5.82 Å². The molecule has 0 aliphatic rings. The quantitative estimate of drug-likeness (QED) is 0.0991. The number of carboxylic acid groups (broad SMARTS) is 1. The number of rotatable bonds is 12. The Morgan fingerprint density at radius 2 is 1.67 bits per heavy atom. The summed E-state index contributed by atoms with van der Waals surface area (Å²) in [4.78, 5) is 31.1. The summed E-state index contributed by atoms with van der Waals surface area (Å²) in [5.74, 6) is -0.782. The fraction of sp³-hybridized carbons (Fsp3) is 0.172. The maximum atomic E-state index is 11.5. The number of nitrogens with two attached hydrogens (primary N) is 1. The molecule has 0 aliphatic heterocycles. The molecule has 0 spiro atoms. The number of thioether (sulfide) groups is 1. The summed E-state index contributed by atoms with van der Waals surface area (Å²) >= 11 is 8.78. The van der Waals surface area contributed by atoms with Crippen molar-refractivity contribution in [2.24, 2.45) is 0 Å². The molecule has 2 aromatic carbocycles. The molecular formula is C29H23ClKN5O5S2. The van der Waals surface area contributed by atoms with E-state index in [2.05, 4.69) is 22.1 Å². The predicted octanol–water partition coefficient (Wildman–Crippen LogP) is 3.05. The van der Waals surface area contributed by atoms with Crippen molar-refractivity contribution in [3.63, 3.8) is 0 Å². The summed E-state index contributed by atoms with van der Waals surface area (Å²) in [6.07, 6.45) is -0.511. The molecular weight excluding hydrogens is 637 g/mol. The number of benzene rings is 2. The Hall–Kier alpha value is -2.98. The van der Waals surface area contributed by atoms with Crippen LogP contribution in [0.25, 0.3) is 21.7 Å². The topological polar surface area (TPSA) is 172 Å². The van der Waals surface area contributed by atoms with Crippen LogP contribution in [0, 0.1) is 22.7 Å². The summed E-state index contributed by atoms with van der Waals surface area (Å²) in [6, 6.07) is 18.4. The predicted molar refractivity (Wildman–Crippen MR) is 160 cm³/mol. The molecule has 3 N–H and O–H groups in total. The molecule has 214 valence electrons. The van der Waals surface area contributed by atoms with Crippen molar-refractivity contribution in [1.82, 2.24) is 9.97 Å². The van der Waals surface area contributed by atoms with Crippen molar-refractivity contribution >= 4 is 52.5 Å². The zero-order chi connectivity index (χ0) is 30.1. The molecule has 10 nitrogen and oxygen atoms in total. The van der Waals surface area contributed by atoms with Gasteiger partial charge in [-0.2, -0.15) is 10.5 Å². The van der Waals surface area contributed by atoms with Gasteiger partial charge in [0.15, 0.2) is 0 Å². The number of halogens is 1. The van der Waals surface area contributed by atoms with Crippen LogP contribution < -0.4 is 61.9 Å². The molecule has 0 radical (unpaired) electrons. The number of hydrogen-bond acceptors (Lipinski definition) is 11. The molecule has 2 heterocycles.